The van der Waals surface area contributed by atoms with Crippen molar-refractivity contribution in [1.29, 1.82) is 0 Å². The van der Waals surface area contributed by atoms with E-state index in [1.54, 1.807) is 0 Å². The Hall–Kier alpha value is -0.900. The molecule has 1 aliphatic heterocycles. The van der Waals surface area contributed by atoms with Gasteiger partial charge in [0.25, 0.3) is 0 Å². The summed E-state index contributed by atoms with van der Waals surface area (Å²) in [6, 6.07) is 9.41. The third-order valence-corrected chi connectivity index (χ3v) is 3.96. The van der Waals surface area contributed by atoms with E-state index in [-0.39, 0.29) is 0 Å². The average molecular weight is 261 g/mol. The fraction of sp³-hybridized carbons (Fsp3) is 0.625. The molecule has 2 rings (SSSR count). The zero-order valence-corrected chi connectivity index (χ0v) is 12.5. The van der Waals surface area contributed by atoms with E-state index in [9.17, 15) is 0 Å². The predicted octanol–water partition coefficient (Wildman–Crippen LogP) is 2.10. The Bertz CT molecular complexity index is 389. The molecule has 1 aliphatic rings. The number of rotatable bonds is 6. The monoisotopic (exact) mass is 261 g/mol. The summed E-state index contributed by atoms with van der Waals surface area (Å²) >= 11 is 0. The van der Waals surface area contributed by atoms with E-state index in [1.807, 2.05) is 0 Å². The molecule has 1 aromatic rings. The topological polar surface area (TPSA) is 18.5 Å². The number of benzene rings is 1. The molecule has 1 heterocycles. The van der Waals surface area contributed by atoms with Crippen LogP contribution in [0.5, 0.6) is 0 Å². The molecule has 0 fully saturated rings. The standard InChI is InChI=1S/C16H27N3/c1-4-19(11-7-10-18(2)3)16-13-17-12-14-8-5-6-9-15(14)16/h5-6,8-9,16-17H,4,7,10-13H2,1-3H3. The number of nitrogens with zero attached hydrogens (tertiary/aromatic N) is 2. The van der Waals surface area contributed by atoms with E-state index in [0.717, 1.165) is 26.2 Å². The largest absolute Gasteiger partial charge is 0.311 e. The molecule has 106 valence electrons. The van der Waals surface area contributed by atoms with Crippen molar-refractivity contribution in [2.45, 2.75) is 25.9 Å². The normalized spacial score (nSPS) is 18.9. The number of hydrogen-bond acceptors (Lipinski definition) is 3. The van der Waals surface area contributed by atoms with Crippen LogP contribution in [0.2, 0.25) is 0 Å². The van der Waals surface area contributed by atoms with Gasteiger partial charge >= 0.3 is 0 Å². The molecule has 1 atom stereocenters. The van der Waals surface area contributed by atoms with Crippen molar-refractivity contribution < 1.29 is 0 Å². The first-order valence-electron chi connectivity index (χ1n) is 7.39. The van der Waals surface area contributed by atoms with Gasteiger partial charge in [0.2, 0.25) is 0 Å². The Kier molecular flexibility index (Phi) is 5.37. The van der Waals surface area contributed by atoms with Crippen LogP contribution in [-0.2, 0) is 6.54 Å². The minimum Gasteiger partial charge on any atom is -0.311 e. The summed E-state index contributed by atoms with van der Waals surface area (Å²) in [5.41, 5.74) is 2.98. The minimum atomic E-state index is 0.539. The van der Waals surface area contributed by atoms with Crippen molar-refractivity contribution in [2.24, 2.45) is 0 Å². The van der Waals surface area contributed by atoms with Gasteiger partial charge in [-0.2, -0.15) is 0 Å². The molecule has 0 spiro atoms. The molecule has 0 bridgehead atoms. The fourth-order valence-electron chi connectivity index (χ4n) is 2.92. The molecule has 0 saturated carbocycles. The molecule has 19 heavy (non-hydrogen) atoms. The Morgan fingerprint density at radius 2 is 2.00 bits per heavy atom. The van der Waals surface area contributed by atoms with E-state index >= 15 is 0 Å². The number of hydrogen-bond donors (Lipinski definition) is 1. The van der Waals surface area contributed by atoms with Gasteiger partial charge in [-0.3, -0.25) is 4.90 Å². The summed E-state index contributed by atoms with van der Waals surface area (Å²) in [5, 5.41) is 3.55. The molecule has 1 N–H and O–H groups in total. The molecule has 1 unspecified atom stereocenters. The van der Waals surface area contributed by atoms with Gasteiger partial charge < -0.3 is 10.2 Å². The lowest BCUT2D eigenvalue weighted by Gasteiger charge is -2.35. The Balaban J connectivity index is 2.03. The van der Waals surface area contributed by atoms with Crippen LogP contribution in [0.4, 0.5) is 0 Å². The van der Waals surface area contributed by atoms with Gasteiger partial charge in [0.05, 0.1) is 0 Å². The second kappa shape index (κ2) is 7.04. The smallest absolute Gasteiger partial charge is 0.0475 e. The molecule has 3 nitrogen and oxygen atoms in total. The van der Waals surface area contributed by atoms with Crippen LogP contribution < -0.4 is 5.32 Å². The highest BCUT2D eigenvalue weighted by Crippen LogP contribution is 2.26. The second-order valence-electron chi connectivity index (χ2n) is 5.63. The van der Waals surface area contributed by atoms with E-state index in [2.05, 4.69) is 60.4 Å². The van der Waals surface area contributed by atoms with Crippen LogP contribution in [0.1, 0.15) is 30.5 Å². The Morgan fingerprint density at radius 3 is 2.74 bits per heavy atom. The lowest BCUT2D eigenvalue weighted by Crippen LogP contribution is -2.40. The van der Waals surface area contributed by atoms with Crippen LogP contribution in [0.15, 0.2) is 24.3 Å². The maximum Gasteiger partial charge on any atom is 0.0475 e. The fourth-order valence-corrected chi connectivity index (χ4v) is 2.92. The predicted molar refractivity (Wildman–Crippen MR) is 81.3 cm³/mol. The first kappa shape index (κ1) is 14.5. The second-order valence-corrected chi connectivity index (χ2v) is 5.63. The third kappa shape index (κ3) is 3.78. The van der Waals surface area contributed by atoms with E-state index < -0.39 is 0 Å². The third-order valence-electron chi connectivity index (χ3n) is 3.96. The summed E-state index contributed by atoms with van der Waals surface area (Å²) < 4.78 is 0. The lowest BCUT2D eigenvalue weighted by molar-refractivity contribution is 0.185. The van der Waals surface area contributed by atoms with Gasteiger partial charge in [-0.25, -0.2) is 0 Å². The Labute approximate surface area is 117 Å². The molecule has 0 saturated heterocycles. The van der Waals surface area contributed by atoms with Crippen LogP contribution in [0.25, 0.3) is 0 Å². The summed E-state index contributed by atoms with van der Waals surface area (Å²) in [4.78, 5) is 4.87. The maximum atomic E-state index is 3.55. The Morgan fingerprint density at radius 1 is 1.21 bits per heavy atom. The summed E-state index contributed by atoms with van der Waals surface area (Å²) in [7, 11) is 4.29. The zero-order chi connectivity index (χ0) is 13.7. The molecule has 1 aromatic carbocycles. The number of fused-ring (bicyclic) bond motifs is 1. The van der Waals surface area contributed by atoms with Crippen molar-refractivity contribution in [3.8, 4) is 0 Å². The van der Waals surface area contributed by atoms with E-state index in [0.29, 0.717) is 6.04 Å². The molecule has 3 heteroatoms. The van der Waals surface area contributed by atoms with Crippen molar-refractivity contribution >= 4 is 0 Å². The molecule has 0 aliphatic carbocycles. The minimum absolute atomic E-state index is 0.539. The summed E-state index contributed by atoms with van der Waals surface area (Å²) in [6.45, 7) is 7.82. The van der Waals surface area contributed by atoms with Crippen molar-refractivity contribution in [2.75, 3.05) is 40.3 Å². The van der Waals surface area contributed by atoms with Gasteiger partial charge in [0, 0.05) is 25.7 Å². The molecule has 0 radical (unpaired) electrons. The first-order valence-corrected chi connectivity index (χ1v) is 7.39. The number of nitrogens with one attached hydrogen (secondary N) is 1. The highest BCUT2D eigenvalue weighted by Gasteiger charge is 2.24. The molecule has 0 amide bonds. The van der Waals surface area contributed by atoms with E-state index in [1.165, 1.54) is 24.1 Å². The quantitative estimate of drug-likeness (QED) is 0.846. The van der Waals surface area contributed by atoms with Gasteiger partial charge in [-0.1, -0.05) is 31.2 Å². The summed E-state index contributed by atoms with van der Waals surface area (Å²) in [6.07, 6.45) is 1.24. The lowest BCUT2D eigenvalue weighted by atomic mass is 9.95. The molecular weight excluding hydrogens is 234 g/mol. The van der Waals surface area contributed by atoms with Crippen LogP contribution in [0.3, 0.4) is 0 Å². The van der Waals surface area contributed by atoms with Crippen molar-refractivity contribution in [3.05, 3.63) is 35.4 Å². The van der Waals surface area contributed by atoms with Gasteiger partial charge in [0.1, 0.15) is 0 Å². The number of likely N-dealkylation sites (N-methyl/N-ethyl adjacent to an activating group) is 1. The van der Waals surface area contributed by atoms with Crippen molar-refractivity contribution in [1.82, 2.24) is 15.1 Å². The first-order chi connectivity index (χ1) is 9.22. The van der Waals surface area contributed by atoms with Gasteiger partial charge in [-0.05, 0) is 44.7 Å². The summed E-state index contributed by atoms with van der Waals surface area (Å²) in [5.74, 6) is 0. The molecule has 0 aromatic heterocycles. The highest BCUT2D eigenvalue weighted by molar-refractivity contribution is 5.32. The van der Waals surface area contributed by atoms with Crippen LogP contribution in [0, 0.1) is 0 Å². The maximum absolute atomic E-state index is 3.55. The molecular formula is C16H27N3. The van der Waals surface area contributed by atoms with Gasteiger partial charge in [-0.15, -0.1) is 0 Å². The van der Waals surface area contributed by atoms with Crippen LogP contribution in [-0.4, -0.2) is 50.1 Å². The highest BCUT2D eigenvalue weighted by atomic mass is 15.2. The van der Waals surface area contributed by atoms with Crippen molar-refractivity contribution in [3.63, 3.8) is 0 Å². The van der Waals surface area contributed by atoms with Gasteiger partial charge in [0.15, 0.2) is 0 Å². The van der Waals surface area contributed by atoms with E-state index in [4.69, 9.17) is 0 Å². The average Bonchev–Trinajstić information content (AvgIpc) is 2.43. The SMILES string of the molecule is CCN(CCCN(C)C)C1CNCc2ccccc21. The van der Waals surface area contributed by atoms with Crippen LogP contribution >= 0.6 is 0 Å². The zero-order valence-electron chi connectivity index (χ0n) is 12.5.